The van der Waals surface area contributed by atoms with Gasteiger partial charge in [0.15, 0.2) is 11.5 Å². The van der Waals surface area contributed by atoms with Crippen molar-refractivity contribution < 1.29 is 23.9 Å². The van der Waals surface area contributed by atoms with Crippen LogP contribution in [0.1, 0.15) is 27.0 Å². The molecule has 0 aliphatic heterocycles. The van der Waals surface area contributed by atoms with Gasteiger partial charge in [0.05, 0.1) is 18.9 Å². The van der Waals surface area contributed by atoms with E-state index in [4.69, 9.17) is 9.47 Å². The molecule has 168 valence electrons. The Morgan fingerprint density at radius 2 is 1.61 bits per heavy atom. The lowest BCUT2D eigenvalue weighted by atomic mass is 10.1. The normalized spacial score (nSPS) is 10.5. The molecule has 8 heteroatoms. The third kappa shape index (κ3) is 6.27. The average Bonchev–Trinajstić information content (AvgIpc) is 2.81. The summed E-state index contributed by atoms with van der Waals surface area (Å²) >= 11 is 0. The number of rotatable bonds is 6. The van der Waals surface area contributed by atoms with Gasteiger partial charge in [-0.15, -0.1) is 0 Å². The first-order valence-corrected chi connectivity index (χ1v) is 10.0. The molecule has 3 aromatic rings. The van der Waals surface area contributed by atoms with Crippen molar-refractivity contribution in [2.24, 2.45) is 5.10 Å². The number of hydrazone groups is 1. The van der Waals surface area contributed by atoms with E-state index in [2.05, 4.69) is 15.8 Å². The van der Waals surface area contributed by atoms with Crippen molar-refractivity contribution >= 4 is 29.7 Å². The fourth-order valence-corrected chi connectivity index (χ4v) is 2.81. The molecule has 0 radical (unpaired) electrons. The molecule has 2 amide bonds. The number of esters is 1. The van der Waals surface area contributed by atoms with E-state index in [0.717, 1.165) is 11.1 Å². The molecule has 0 saturated carbocycles. The van der Waals surface area contributed by atoms with Gasteiger partial charge in [0.2, 0.25) is 0 Å². The van der Waals surface area contributed by atoms with Crippen LogP contribution in [0.5, 0.6) is 11.5 Å². The number of methoxy groups -OCH3 is 1. The van der Waals surface area contributed by atoms with E-state index < -0.39 is 17.8 Å². The van der Waals surface area contributed by atoms with Crippen LogP contribution in [0, 0.1) is 13.8 Å². The minimum Gasteiger partial charge on any atom is -0.493 e. The zero-order valence-corrected chi connectivity index (χ0v) is 18.4. The number of ether oxygens (including phenoxy) is 2. The van der Waals surface area contributed by atoms with Crippen LogP contribution in [-0.4, -0.2) is 31.1 Å². The zero-order valence-electron chi connectivity index (χ0n) is 18.4. The number of nitrogens with one attached hydrogen (secondary N) is 2. The van der Waals surface area contributed by atoms with Gasteiger partial charge in [-0.3, -0.25) is 9.59 Å². The predicted molar refractivity (Wildman–Crippen MR) is 125 cm³/mol. The summed E-state index contributed by atoms with van der Waals surface area (Å²) in [5.41, 5.74) is 5.56. The van der Waals surface area contributed by atoms with Crippen LogP contribution in [-0.2, 0) is 9.59 Å². The Hall–Kier alpha value is -4.46. The van der Waals surface area contributed by atoms with Crippen LogP contribution in [0.25, 0.3) is 0 Å². The number of carbonyl (C=O) groups excluding carboxylic acids is 3. The number of carbonyl (C=O) groups is 3. The number of hydrogen-bond donors (Lipinski definition) is 2. The lowest BCUT2D eigenvalue weighted by Crippen LogP contribution is -2.32. The third-order valence-electron chi connectivity index (χ3n) is 4.66. The van der Waals surface area contributed by atoms with Gasteiger partial charge >= 0.3 is 17.8 Å². The molecule has 0 spiro atoms. The van der Waals surface area contributed by atoms with Crippen molar-refractivity contribution in [3.05, 3.63) is 89.0 Å². The van der Waals surface area contributed by atoms with Gasteiger partial charge in [0.1, 0.15) is 0 Å². The quantitative estimate of drug-likeness (QED) is 0.198. The number of aryl methyl sites for hydroxylation is 2. The molecule has 8 nitrogen and oxygen atoms in total. The summed E-state index contributed by atoms with van der Waals surface area (Å²) in [6, 6.07) is 18.9. The van der Waals surface area contributed by atoms with Crippen molar-refractivity contribution in [2.75, 3.05) is 12.4 Å². The number of benzene rings is 3. The Labute approximate surface area is 191 Å². The maximum absolute atomic E-state index is 12.4. The van der Waals surface area contributed by atoms with E-state index in [0.29, 0.717) is 22.6 Å². The SMILES string of the molecule is COc1cc(C=NNC(=O)C(=O)Nc2ccccc2C)ccc1OC(=O)c1ccc(C)cc1. The summed E-state index contributed by atoms with van der Waals surface area (Å²) in [6.45, 7) is 3.75. The topological polar surface area (TPSA) is 106 Å². The minimum absolute atomic E-state index is 0.238. The first-order valence-electron chi connectivity index (χ1n) is 10.0. The third-order valence-corrected chi connectivity index (χ3v) is 4.66. The molecule has 0 unspecified atom stereocenters. The monoisotopic (exact) mass is 445 g/mol. The summed E-state index contributed by atoms with van der Waals surface area (Å²) in [7, 11) is 1.44. The molecular formula is C25H23N3O5. The lowest BCUT2D eigenvalue weighted by molar-refractivity contribution is -0.136. The molecule has 2 N–H and O–H groups in total. The Balaban J connectivity index is 1.61. The van der Waals surface area contributed by atoms with Gasteiger partial charge in [-0.05, 0) is 61.4 Å². The highest BCUT2D eigenvalue weighted by atomic mass is 16.6. The number of para-hydroxylation sites is 1. The van der Waals surface area contributed by atoms with E-state index >= 15 is 0 Å². The first-order chi connectivity index (χ1) is 15.9. The molecule has 0 aliphatic carbocycles. The van der Waals surface area contributed by atoms with Gasteiger partial charge in [-0.2, -0.15) is 5.10 Å². The van der Waals surface area contributed by atoms with Crippen LogP contribution in [0.4, 0.5) is 5.69 Å². The van der Waals surface area contributed by atoms with Crippen LogP contribution < -0.4 is 20.2 Å². The van der Waals surface area contributed by atoms with Gasteiger partial charge < -0.3 is 14.8 Å². The summed E-state index contributed by atoms with van der Waals surface area (Å²) in [4.78, 5) is 36.4. The van der Waals surface area contributed by atoms with E-state index in [1.807, 2.05) is 38.1 Å². The van der Waals surface area contributed by atoms with Gasteiger partial charge in [-0.25, -0.2) is 10.2 Å². The van der Waals surface area contributed by atoms with Gasteiger partial charge in [-0.1, -0.05) is 35.9 Å². The fraction of sp³-hybridized carbons (Fsp3) is 0.120. The van der Waals surface area contributed by atoms with E-state index in [1.54, 1.807) is 42.5 Å². The number of nitrogens with zero attached hydrogens (tertiary/aromatic N) is 1. The molecule has 3 aromatic carbocycles. The summed E-state index contributed by atoms with van der Waals surface area (Å²) < 4.78 is 10.7. The van der Waals surface area contributed by atoms with Gasteiger partial charge in [0, 0.05) is 5.69 Å². The Kier molecular flexibility index (Phi) is 7.54. The highest BCUT2D eigenvalue weighted by Crippen LogP contribution is 2.28. The maximum atomic E-state index is 12.4. The second-order valence-corrected chi connectivity index (χ2v) is 7.13. The molecule has 0 aliphatic rings. The van der Waals surface area contributed by atoms with Gasteiger partial charge in [0.25, 0.3) is 0 Å². The molecule has 0 heterocycles. The smallest absolute Gasteiger partial charge is 0.343 e. The maximum Gasteiger partial charge on any atom is 0.343 e. The summed E-state index contributed by atoms with van der Waals surface area (Å²) in [5, 5.41) is 6.33. The largest absolute Gasteiger partial charge is 0.493 e. The molecular weight excluding hydrogens is 422 g/mol. The van der Waals surface area contributed by atoms with Crippen LogP contribution in [0.15, 0.2) is 71.8 Å². The van der Waals surface area contributed by atoms with Crippen molar-refractivity contribution in [1.82, 2.24) is 5.43 Å². The molecule has 0 aromatic heterocycles. The molecule has 33 heavy (non-hydrogen) atoms. The lowest BCUT2D eigenvalue weighted by Gasteiger charge is -2.10. The molecule has 3 rings (SSSR count). The fourth-order valence-electron chi connectivity index (χ4n) is 2.81. The second-order valence-electron chi connectivity index (χ2n) is 7.13. The van der Waals surface area contributed by atoms with E-state index in [-0.39, 0.29) is 5.75 Å². The van der Waals surface area contributed by atoms with Crippen molar-refractivity contribution in [1.29, 1.82) is 0 Å². The number of anilines is 1. The highest BCUT2D eigenvalue weighted by molar-refractivity contribution is 6.39. The number of amides is 2. The van der Waals surface area contributed by atoms with Crippen molar-refractivity contribution in [3.63, 3.8) is 0 Å². The van der Waals surface area contributed by atoms with Crippen LogP contribution >= 0.6 is 0 Å². The highest BCUT2D eigenvalue weighted by Gasteiger charge is 2.14. The molecule has 0 fully saturated rings. The summed E-state index contributed by atoms with van der Waals surface area (Å²) in [5.74, 6) is -1.71. The number of hydrogen-bond acceptors (Lipinski definition) is 6. The van der Waals surface area contributed by atoms with Crippen LogP contribution in [0.3, 0.4) is 0 Å². The average molecular weight is 445 g/mol. The second kappa shape index (κ2) is 10.7. The zero-order chi connectivity index (χ0) is 23.8. The van der Waals surface area contributed by atoms with Crippen LogP contribution in [0.2, 0.25) is 0 Å². The van der Waals surface area contributed by atoms with E-state index in [9.17, 15) is 14.4 Å². The molecule has 0 saturated heterocycles. The Bertz CT molecular complexity index is 1200. The van der Waals surface area contributed by atoms with Crippen molar-refractivity contribution in [2.45, 2.75) is 13.8 Å². The molecule has 0 bridgehead atoms. The predicted octanol–water partition coefficient (Wildman–Crippen LogP) is 3.62. The van der Waals surface area contributed by atoms with Crippen molar-refractivity contribution in [3.8, 4) is 11.5 Å². The Morgan fingerprint density at radius 1 is 0.879 bits per heavy atom. The Morgan fingerprint density at radius 3 is 2.30 bits per heavy atom. The standard InChI is InChI=1S/C25H23N3O5/c1-16-8-11-19(12-9-16)25(31)33-21-13-10-18(14-22(21)32-3)15-26-28-24(30)23(29)27-20-7-5-4-6-17(20)2/h4-15H,1-3H3,(H,27,29)(H,28,30). The first kappa shape index (κ1) is 23.2. The summed E-state index contributed by atoms with van der Waals surface area (Å²) in [6.07, 6.45) is 1.34. The molecule has 0 atom stereocenters. The minimum atomic E-state index is -0.912. The van der Waals surface area contributed by atoms with E-state index in [1.165, 1.54) is 13.3 Å².